The normalized spacial score (nSPS) is 12.4. The van der Waals surface area contributed by atoms with E-state index in [0.717, 1.165) is 28.5 Å². The van der Waals surface area contributed by atoms with E-state index in [9.17, 15) is 29.4 Å². The highest BCUT2D eigenvalue weighted by Crippen LogP contribution is 2.25. The highest BCUT2D eigenvalue weighted by atomic mass is 35.5. The second-order valence-electron chi connectivity index (χ2n) is 9.48. The van der Waals surface area contributed by atoms with Crippen LogP contribution in [-0.4, -0.2) is 46.2 Å². The summed E-state index contributed by atoms with van der Waals surface area (Å²) >= 11 is 12.2. The Balaban J connectivity index is 1.53. The first-order valence-electron chi connectivity index (χ1n) is 12.5. The van der Waals surface area contributed by atoms with Gasteiger partial charge in [0.25, 0.3) is 0 Å². The molecule has 0 unspecified atom stereocenters. The fourth-order valence-corrected chi connectivity index (χ4v) is 4.71. The molecule has 4 aromatic rings. The van der Waals surface area contributed by atoms with Crippen LogP contribution in [0.1, 0.15) is 49.1 Å². The topological polar surface area (TPSA) is 130 Å². The van der Waals surface area contributed by atoms with Crippen molar-refractivity contribution in [3.63, 3.8) is 0 Å². The van der Waals surface area contributed by atoms with E-state index in [0.29, 0.717) is 21.2 Å². The predicted octanol–water partition coefficient (Wildman–Crippen LogP) is 6.06. The minimum atomic E-state index is -1.42. The molecule has 4 rings (SSSR count). The van der Waals surface area contributed by atoms with E-state index < -0.39 is 41.5 Å². The van der Waals surface area contributed by atoms with Crippen LogP contribution in [0.15, 0.2) is 78.9 Å². The number of fused-ring (bicyclic) bond motifs is 1. The number of ether oxygens (including phenoxy) is 1. The SMILES string of the molecule is C[C@H](NC(=O)Cc1ccc(C(=O)O)c(C(=O)O)c1)[C@@H](Cc1ccc(Cl)c(Cl)c1)OC(=O)c1ccc2ccccc2c1. The Morgan fingerprint density at radius 3 is 2.15 bits per heavy atom. The van der Waals surface area contributed by atoms with Gasteiger partial charge in [-0.05, 0) is 65.2 Å². The second kappa shape index (κ2) is 12.8. The number of benzene rings is 4. The number of carboxylic acids is 2. The van der Waals surface area contributed by atoms with E-state index in [2.05, 4.69) is 5.32 Å². The van der Waals surface area contributed by atoms with Gasteiger partial charge in [-0.2, -0.15) is 0 Å². The van der Waals surface area contributed by atoms with Crippen molar-refractivity contribution in [3.05, 3.63) is 117 Å². The summed E-state index contributed by atoms with van der Waals surface area (Å²) in [6.45, 7) is 1.68. The molecule has 10 heteroatoms. The number of halogens is 2. The quantitative estimate of drug-likeness (QED) is 0.190. The molecule has 0 spiro atoms. The van der Waals surface area contributed by atoms with Gasteiger partial charge in [-0.1, -0.05) is 65.7 Å². The number of hydrogen-bond donors (Lipinski definition) is 3. The van der Waals surface area contributed by atoms with E-state index >= 15 is 0 Å². The molecule has 0 aliphatic heterocycles. The van der Waals surface area contributed by atoms with Gasteiger partial charge < -0.3 is 20.3 Å². The van der Waals surface area contributed by atoms with Crippen molar-refractivity contribution in [2.45, 2.75) is 31.9 Å². The molecule has 0 heterocycles. The summed E-state index contributed by atoms with van der Waals surface area (Å²) in [5.41, 5.74) is 0.592. The van der Waals surface area contributed by atoms with Crippen molar-refractivity contribution in [2.24, 2.45) is 0 Å². The van der Waals surface area contributed by atoms with Gasteiger partial charge in [-0.3, -0.25) is 4.79 Å². The molecule has 4 aromatic carbocycles. The third kappa shape index (κ3) is 7.42. The zero-order valence-corrected chi connectivity index (χ0v) is 23.3. The van der Waals surface area contributed by atoms with E-state index in [4.69, 9.17) is 27.9 Å². The van der Waals surface area contributed by atoms with Crippen LogP contribution in [0.4, 0.5) is 0 Å². The average molecular weight is 594 g/mol. The Morgan fingerprint density at radius 2 is 1.46 bits per heavy atom. The number of carbonyl (C=O) groups excluding carboxylic acids is 2. The molecule has 0 aliphatic carbocycles. The highest BCUT2D eigenvalue weighted by Gasteiger charge is 2.25. The van der Waals surface area contributed by atoms with Gasteiger partial charge in [0, 0.05) is 6.42 Å². The molecule has 0 radical (unpaired) electrons. The Morgan fingerprint density at radius 1 is 0.780 bits per heavy atom. The maximum atomic E-state index is 13.2. The molecule has 8 nitrogen and oxygen atoms in total. The van der Waals surface area contributed by atoms with Crippen LogP contribution in [-0.2, 0) is 22.4 Å². The molecule has 2 atom stereocenters. The van der Waals surface area contributed by atoms with Crippen LogP contribution in [0.25, 0.3) is 10.8 Å². The number of rotatable bonds is 10. The number of carbonyl (C=O) groups is 4. The monoisotopic (exact) mass is 593 g/mol. The first-order valence-corrected chi connectivity index (χ1v) is 13.3. The maximum Gasteiger partial charge on any atom is 0.338 e. The standard InChI is InChI=1S/C31H25Cl2NO7/c1-17(34-28(35)15-18-6-10-23(29(36)37)24(12-18)30(38)39)27(14-19-7-11-25(32)26(33)13-19)41-31(40)22-9-8-20-4-2-3-5-21(20)16-22/h2-13,16-17,27H,14-15H2,1H3,(H,34,35)(H,36,37)(H,38,39)/t17-,27+/m0/s1. The minimum Gasteiger partial charge on any atom is -0.478 e. The van der Waals surface area contributed by atoms with Crippen molar-refractivity contribution in [3.8, 4) is 0 Å². The third-order valence-electron chi connectivity index (χ3n) is 6.52. The number of nitrogens with one attached hydrogen (secondary N) is 1. The molecule has 0 aliphatic rings. The Hall–Kier alpha value is -4.40. The fourth-order valence-electron chi connectivity index (χ4n) is 4.39. The van der Waals surface area contributed by atoms with Gasteiger partial charge in [0.1, 0.15) is 6.10 Å². The summed E-state index contributed by atoms with van der Waals surface area (Å²) < 4.78 is 5.89. The Bertz CT molecular complexity index is 1650. The van der Waals surface area contributed by atoms with Crippen molar-refractivity contribution < 1.29 is 34.1 Å². The van der Waals surface area contributed by atoms with Crippen molar-refractivity contribution in [1.29, 1.82) is 0 Å². The van der Waals surface area contributed by atoms with Gasteiger partial charge in [-0.15, -0.1) is 0 Å². The molecule has 0 aromatic heterocycles. The van der Waals surface area contributed by atoms with Crippen LogP contribution >= 0.6 is 23.2 Å². The summed E-state index contributed by atoms with van der Waals surface area (Å²) in [6, 6.07) is 20.9. The lowest BCUT2D eigenvalue weighted by Crippen LogP contribution is -2.45. The molecule has 0 saturated carbocycles. The number of esters is 1. The van der Waals surface area contributed by atoms with Crippen LogP contribution in [0.2, 0.25) is 10.0 Å². The van der Waals surface area contributed by atoms with Gasteiger partial charge >= 0.3 is 17.9 Å². The Kier molecular flexibility index (Phi) is 9.27. The number of amides is 1. The van der Waals surface area contributed by atoms with E-state index in [-0.39, 0.29) is 18.4 Å². The van der Waals surface area contributed by atoms with Crippen LogP contribution in [0.3, 0.4) is 0 Å². The predicted molar refractivity (Wildman–Crippen MR) is 155 cm³/mol. The lowest BCUT2D eigenvalue weighted by molar-refractivity contribution is -0.121. The first-order chi connectivity index (χ1) is 19.5. The summed E-state index contributed by atoms with van der Waals surface area (Å²) in [6.07, 6.45) is -0.810. The number of carboxylic acid groups (broad SMARTS) is 2. The molecule has 0 saturated heterocycles. The van der Waals surface area contributed by atoms with Crippen LogP contribution < -0.4 is 5.32 Å². The first kappa shape index (κ1) is 29.6. The minimum absolute atomic E-state index is 0.216. The average Bonchev–Trinajstić information content (AvgIpc) is 2.94. The van der Waals surface area contributed by atoms with Gasteiger partial charge in [-0.25, -0.2) is 14.4 Å². The van der Waals surface area contributed by atoms with Crippen molar-refractivity contribution in [2.75, 3.05) is 0 Å². The lowest BCUT2D eigenvalue weighted by atomic mass is 10.0. The Labute approximate surface area is 245 Å². The van der Waals surface area contributed by atoms with Gasteiger partial charge in [0.2, 0.25) is 5.91 Å². The fraction of sp³-hybridized carbons (Fsp3) is 0.161. The van der Waals surface area contributed by atoms with Crippen molar-refractivity contribution in [1.82, 2.24) is 5.32 Å². The second-order valence-corrected chi connectivity index (χ2v) is 10.3. The summed E-state index contributed by atoms with van der Waals surface area (Å²) in [4.78, 5) is 49.0. The zero-order valence-electron chi connectivity index (χ0n) is 21.8. The molecular weight excluding hydrogens is 569 g/mol. The molecule has 0 fully saturated rings. The summed E-state index contributed by atoms with van der Waals surface area (Å²) in [5, 5.41) is 24.0. The maximum absolute atomic E-state index is 13.2. The van der Waals surface area contributed by atoms with Gasteiger partial charge in [0.05, 0.1) is 39.2 Å². The van der Waals surface area contributed by atoms with Crippen LogP contribution in [0, 0.1) is 0 Å². The summed E-state index contributed by atoms with van der Waals surface area (Å²) in [5.74, 6) is -3.85. The molecule has 1 amide bonds. The van der Waals surface area contributed by atoms with Gasteiger partial charge in [0.15, 0.2) is 0 Å². The largest absolute Gasteiger partial charge is 0.478 e. The summed E-state index contributed by atoms with van der Waals surface area (Å²) in [7, 11) is 0. The molecule has 210 valence electrons. The number of hydrogen-bond acceptors (Lipinski definition) is 5. The third-order valence-corrected chi connectivity index (χ3v) is 7.26. The van der Waals surface area contributed by atoms with Crippen molar-refractivity contribution >= 4 is 57.8 Å². The molecule has 41 heavy (non-hydrogen) atoms. The molecule has 0 bridgehead atoms. The number of aromatic carboxylic acids is 2. The molecule has 3 N–H and O–H groups in total. The van der Waals surface area contributed by atoms with E-state index in [1.54, 1.807) is 37.3 Å². The van der Waals surface area contributed by atoms with E-state index in [1.807, 2.05) is 30.3 Å². The van der Waals surface area contributed by atoms with E-state index in [1.165, 1.54) is 6.07 Å². The smallest absolute Gasteiger partial charge is 0.338 e. The molecular formula is C31H25Cl2NO7. The zero-order chi connectivity index (χ0) is 29.7. The van der Waals surface area contributed by atoms with Crippen LogP contribution in [0.5, 0.6) is 0 Å². The lowest BCUT2D eigenvalue weighted by Gasteiger charge is -2.26. The highest BCUT2D eigenvalue weighted by molar-refractivity contribution is 6.42.